The Bertz CT molecular complexity index is 224. The number of carbonyl (C=O) groups is 1. The van der Waals surface area contributed by atoms with Gasteiger partial charge in [0.1, 0.15) is 0 Å². The van der Waals surface area contributed by atoms with Crippen molar-refractivity contribution in [3.05, 3.63) is 0 Å². The first-order valence-corrected chi connectivity index (χ1v) is 6.34. The van der Waals surface area contributed by atoms with Crippen molar-refractivity contribution in [1.82, 2.24) is 10.2 Å². The first-order chi connectivity index (χ1) is 7.58. The molecule has 1 rings (SSSR count). The molecule has 0 saturated heterocycles. The highest BCUT2D eigenvalue weighted by atomic mass is 16.1. The number of hydrogen-bond donors (Lipinski definition) is 2. The van der Waals surface area contributed by atoms with Gasteiger partial charge in [-0.2, -0.15) is 0 Å². The van der Waals surface area contributed by atoms with Gasteiger partial charge < -0.3 is 16.0 Å². The molecule has 16 heavy (non-hydrogen) atoms. The average molecular weight is 227 g/mol. The van der Waals surface area contributed by atoms with Crippen LogP contribution in [-0.4, -0.2) is 42.5 Å². The Hall–Kier alpha value is -0.610. The predicted molar refractivity (Wildman–Crippen MR) is 66.1 cm³/mol. The van der Waals surface area contributed by atoms with Crippen LogP contribution in [-0.2, 0) is 4.79 Å². The van der Waals surface area contributed by atoms with Crippen molar-refractivity contribution < 1.29 is 4.79 Å². The number of carbonyl (C=O) groups excluding carboxylic acids is 1. The lowest BCUT2D eigenvalue weighted by Crippen LogP contribution is -2.50. The zero-order chi connectivity index (χ0) is 12.1. The monoisotopic (exact) mass is 227 g/mol. The third-order valence-corrected chi connectivity index (χ3v) is 3.39. The van der Waals surface area contributed by atoms with E-state index in [1.807, 2.05) is 0 Å². The van der Waals surface area contributed by atoms with E-state index in [1.165, 1.54) is 12.8 Å². The molecular formula is C12H25N3O. The molecular weight excluding hydrogens is 202 g/mol. The van der Waals surface area contributed by atoms with Crippen molar-refractivity contribution in [3.63, 3.8) is 0 Å². The molecule has 0 aliphatic heterocycles. The van der Waals surface area contributed by atoms with Crippen molar-refractivity contribution in [3.8, 4) is 0 Å². The molecule has 1 unspecified atom stereocenters. The lowest BCUT2D eigenvalue weighted by molar-refractivity contribution is -0.120. The fourth-order valence-electron chi connectivity index (χ4n) is 2.11. The molecule has 4 heteroatoms. The van der Waals surface area contributed by atoms with Crippen LogP contribution < -0.4 is 11.1 Å². The number of rotatable bonds is 8. The Morgan fingerprint density at radius 2 is 2.00 bits per heavy atom. The van der Waals surface area contributed by atoms with E-state index in [-0.39, 0.29) is 11.9 Å². The summed E-state index contributed by atoms with van der Waals surface area (Å²) in [7, 11) is 2.07. The van der Waals surface area contributed by atoms with Gasteiger partial charge in [-0.1, -0.05) is 13.8 Å². The summed E-state index contributed by atoms with van der Waals surface area (Å²) in [6.07, 6.45) is 4.58. The number of likely N-dealkylation sites (N-methyl/N-ethyl adjacent to an activating group) is 1. The van der Waals surface area contributed by atoms with E-state index in [9.17, 15) is 4.79 Å². The van der Waals surface area contributed by atoms with Crippen molar-refractivity contribution >= 4 is 5.91 Å². The molecule has 0 bridgehead atoms. The van der Waals surface area contributed by atoms with Gasteiger partial charge in [-0.25, -0.2) is 0 Å². The molecule has 1 amide bonds. The summed E-state index contributed by atoms with van der Waals surface area (Å²) in [5, 5.41) is 3.31. The van der Waals surface area contributed by atoms with Crippen LogP contribution in [0.15, 0.2) is 0 Å². The third kappa shape index (κ3) is 4.10. The van der Waals surface area contributed by atoms with Gasteiger partial charge in [0, 0.05) is 18.6 Å². The summed E-state index contributed by atoms with van der Waals surface area (Å²) in [5.41, 5.74) is 5.42. The molecule has 0 spiro atoms. The molecule has 0 heterocycles. The normalized spacial score (nSPS) is 18.1. The Kier molecular flexibility index (Phi) is 5.22. The maximum atomic E-state index is 11.3. The molecule has 1 atom stereocenters. The maximum Gasteiger partial charge on any atom is 0.235 e. The second-order valence-electron chi connectivity index (χ2n) is 4.81. The minimum atomic E-state index is -0.232. The molecule has 3 N–H and O–H groups in total. The van der Waals surface area contributed by atoms with E-state index in [0.29, 0.717) is 12.1 Å². The molecule has 1 aliphatic rings. The molecule has 0 aromatic rings. The molecule has 94 valence electrons. The predicted octanol–water partition coefficient (Wildman–Crippen LogP) is 0.713. The van der Waals surface area contributed by atoms with Gasteiger partial charge in [0.05, 0.1) is 6.04 Å². The number of nitrogens with one attached hydrogen (secondary N) is 1. The standard InChI is InChI=1S/C12H25N3O/c1-4-10(5-2)15(3)8-11(12(13)16)14-9-6-7-9/h9-11,14H,4-8H2,1-3H3,(H2,13,16). The number of hydrogen-bond acceptors (Lipinski definition) is 3. The fraction of sp³-hybridized carbons (Fsp3) is 0.917. The second-order valence-corrected chi connectivity index (χ2v) is 4.81. The highest BCUT2D eigenvalue weighted by Gasteiger charge is 2.28. The van der Waals surface area contributed by atoms with Crippen LogP contribution in [0.4, 0.5) is 0 Å². The average Bonchev–Trinajstić information content (AvgIpc) is 3.02. The third-order valence-electron chi connectivity index (χ3n) is 3.39. The molecule has 0 aromatic carbocycles. The summed E-state index contributed by atoms with van der Waals surface area (Å²) >= 11 is 0. The molecule has 4 nitrogen and oxygen atoms in total. The summed E-state index contributed by atoms with van der Waals surface area (Å²) < 4.78 is 0. The zero-order valence-corrected chi connectivity index (χ0v) is 10.7. The van der Waals surface area contributed by atoms with E-state index < -0.39 is 0 Å². The van der Waals surface area contributed by atoms with Crippen molar-refractivity contribution in [2.24, 2.45) is 5.73 Å². The SMILES string of the molecule is CCC(CC)N(C)CC(NC1CC1)C(N)=O. The van der Waals surface area contributed by atoms with E-state index in [1.54, 1.807) is 0 Å². The largest absolute Gasteiger partial charge is 0.368 e. The second kappa shape index (κ2) is 6.21. The lowest BCUT2D eigenvalue weighted by Gasteiger charge is -2.29. The molecule has 1 saturated carbocycles. The minimum Gasteiger partial charge on any atom is -0.368 e. The molecule has 0 radical (unpaired) electrons. The van der Waals surface area contributed by atoms with E-state index in [2.05, 4.69) is 31.1 Å². The van der Waals surface area contributed by atoms with Gasteiger partial charge in [-0.05, 0) is 32.7 Å². The summed E-state index contributed by atoms with van der Waals surface area (Å²) in [5.74, 6) is -0.232. The van der Waals surface area contributed by atoms with Gasteiger partial charge in [-0.3, -0.25) is 4.79 Å². The van der Waals surface area contributed by atoms with Crippen LogP contribution in [0.1, 0.15) is 39.5 Å². The van der Waals surface area contributed by atoms with Crippen LogP contribution in [0, 0.1) is 0 Å². The van der Waals surface area contributed by atoms with Crippen molar-refractivity contribution in [2.75, 3.05) is 13.6 Å². The first-order valence-electron chi connectivity index (χ1n) is 6.34. The summed E-state index contributed by atoms with van der Waals surface area (Å²) in [6.45, 7) is 5.08. The van der Waals surface area contributed by atoms with Gasteiger partial charge in [0.2, 0.25) is 5.91 Å². The highest BCUT2D eigenvalue weighted by Crippen LogP contribution is 2.19. The molecule has 1 aliphatic carbocycles. The minimum absolute atomic E-state index is 0.196. The number of nitrogens with two attached hydrogens (primary N) is 1. The van der Waals surface area contributed by atoms with E-state index in [4.69, 9.17) is 5.73 Å². The van der Waals surface area contributed by atoms with Gasteiger partial charge >= 0.3 is 0 Å². The topological polar surface area (TPSA) is 58.4 Å². The van der Waals surface area contributed by atoms with Crippen LogP contribution in [0.3, 0.4) is 0 Å². The molecule has 0 aromatic heterocycles. The quantitative estimate of drug-likeness (QED) is 0.642. The van der Waals surface area contributed by atoms with Crippen molar-refractivity contribution in [2.45, 2.75) is 57.7 Å². The number of primary amides is 1. The zero-order valence-electron chi connectivity index (χ0n) is 10.7. The van der Waals surface area contributed by atoms with E-state index >= 15 is 0 Å². The Labute approximate surface area is 98.6 Å². The Balaban J connectivity index is 2.42. The van der Waals surface area contributed by atoms with Crippen LogP contribution >= 0.6 is 0 Å². The van der Waals surface area contributed by atoms with Crippen LogP contribution in [0.25, 0.3) is 0 Å². The fourth-order valence-corrected chi connectivity index (χ4v) is 2.11. The summed E-state index contributed by atoms with van der Waals surface area (Å²) in [6, 6.07) is 0.869. The first kappa shape index (κ1) is 13.5. The maximum absolute atomic E-state index is 11.3. The van der Waals surface area contributed by atoms with Gasteiger partial charge in [-0.15, -0.1) is 0 Å². The Morgan fingerprint density at radius 3 is 2.38 bits per heavy atom. The number of amides is 1. The number of nitrogens with zero attached hydrogens (tertiary/aromatic N) is 1. The Morgan fingerprint density at radius 1 is 1.44 bits per heavy atom. The van der Waals surface area contributed by atoms with Gasteiger partial charge in [0.15, 0.2) is 0 Å². The highest BCUT2D eigenvalue weighted by molar-refractivity contribution is 5.80. The van der Waals surface area contributed by atoms with Gasteiger partial charge in [0.25, 0.3) is 0 Å². The van der Waals surface area contributed by atoms with Crippen molar-refractivity contribution in [1.29, 1.82) is 0 Å². The summed E-state index contributed by atoms with van der Waals surface area (Å²) in [4.78, 5) is 13.6. The van der Waals surface area contributed by atoms with E-state index in [0.717, 1.165) is 19.4 Å². The van der Waals surface area contributed by atoms with Crippen LogP contribution in [0.5, 0.6) is 0 Å². The molecule has 1 fully saturated rings. The lowest BCUT2D eigenvalue weighted by atomic mass is 10.1. The smallest absolute Gasteiger partial charge is 0.235 e. The van der Waals surface area contributed by atoms with Crippen LogP contribution in [0.2, 0.25) is 0 Å².